The van der Waals surface area contributed by atoms with Crippen LogP contribution in [-0.4, -0.2) is 41.7 Å². The minimum absolute atomic E-state index is 0.218. The maximum atomic E-state index is 13.4. The van der Waals surface area contributed by atoms with Crippen molar-refractivity contribution in [1.29, 1.82) is 0 Å². The van der Waals surface area contributed by atoms with Gasteiger partial charge in [0.15, 0.2) is 0 Å². The first-order valence-electron chi connectivity index (χ1n) is 9.89. The molecule has 1 aromatic carbocycles. The van der Waals surface area contributed by atoms with Crippen molar-refractivity contribution in [2.45, 2.75) is 62.0 Å². The molecule has 4 heteroatoms. The predicted molar refractivity (Wildman–Crippen MR) is 106 cm³/mol. The summed E-state index contributed by atoms with van der Waals surface area (Å²) in [5.41, 5.74) is 1.28. The van der Waals surface area contributed by atoms with Gasteiger partial charge in [0.1, 0.15) is 0 Å². The number of aryl methyl sites for hydroxylation is 1. The van der Waals surface area contributed by atoms with Crippen LogP contribution in [0.15, 0.2) is 29.2 Å². The zero-order valence-electron chi connectivity index (χ0n) is 15.7. The second-order valence-electron chi connectivity index (χ2n) is 7.66. The van der Waals surface area contributed by atoms with E-state index in [1.54, 1.807) is 0 Å². The van der Waals surface area contributed by atoms with Crippen LogP contribution in [0.25, 0.3) is 0 Å². The molecule has 138 valence electrons. The fourth-order valence-corrected chi connectivity index (χ4v) is 5.55. The highest BCUT2D eigenvalue weighted by Gasteiger charge is 2.45. The van der Waals surface area contributed by atoms with Crippen LogP contribution in [0.5, 0.6) is 0 Å². The lowest BCUT2D eigenvalue weighted by atomic mass is 9.95. The van der Waals surface area contributed by atoms with Gasteiger partial charge >= 0.3 is 0 Å². The van der Waals surface area contributed by atoms with E-state index in [0.717, 1.165) is 57.8 Å². The second kappa shape index (κ2) is 8.59. The molecule has 1 heterocycles. The predicted octanol–water partition coefficient (Wildman–Crippen LogP) is 4.25. The maximum absolute atomic E-state index is 13.4. The van der Waals surface area contributed by atoms with Gasteiger partial charge in [0.05, 0.1) is 4.75 Å². The summed E-state index contributed by atoms with van der Waals surface area (Å²) in [4.78, 5) is 16.8. The molecule has 1 aliphatic carbocycles. The Morgan fingerprint density at radius 2 is 1.84 bits per heavy atom. The minimum Gasteiger partial charge on any atom is -0.341 e. The van der Waals surface area contributed by atoms with Crippen LogP contribution in [0.3, 0.4) is 0 Å². The van der Waals surface area contributed by atoms with Crippen molar-refractivity contribution in [3.63, 3.8) is 0 Å². The molecule has 3 rings (SSSR count). The largest absolute Gasteiger partial charge is 0.341 e. The number of benzene rings is 1. The van der Waals surface area contributed by atoms with E-state index in [0.29, 0.717) is 5.91 Å². The van der Waals surface area contributed by atoms with Crippen LogP contribution < -0.4 is 5.32 Å². The number of hydrogen-bond donors (Lipinski definition) is 1. The maximum Gasteiger partial charge on any atom is 0.239 e. The molecule has 0 unspecified atom stereocenters. The topological polar surface area (TPSA) is 32.3 Å². The fourth-order valence-electron chi connectivity index (χ4n) is 4.11. The zero-order chi connectivity index (χ0) is 17.7. The quantitative estimate of drug-likeness (QED) is 0.823. The van der Waals surface area contributed by atoms with Crippen LogP contribution in [0.1, 0.15) is 51.0 Å². The summed E-state index contributed by atoms with van der Waals surface area (Å²) in [6.45, 7) is 8.28. The minimum atomic E-state index is -0.218. The van der Waals surface area contributed by atoms with Gasteiger partial charge in [-0.15, -0.1) is 11.8 Å². The van der Waals surface area contributed by atoms with Gasteiger partial charge in [0.25, 0.3) is 0 Å². The van der Waals surface area contributed by atoms with E-state index in [2.05, 4.69) is 48.3 Å². The van der Waals surface area contributed by atoms with Crippen LogP contribution in [0.2, 0.25) is 0 Å². The Morgan fingerprint density at radius 3 is 2.44 bits per heavy atom. The van der Waals surface area contributed by atoms with Crippen molar-refractivity contribution in [2.24, 2.45) is 5.92 Å². The molecule has 1 saturated carbocycles. The Morgan fingerprint density at radius 1 is 1.20 bits per heavy atom. The third-order valence-electron chi connectivity index (χ3n) is 5.72. The molecule has 0 radical (unpaired) electrons. The summed E-state index contributed by atoms with van der Waals surface area (Å²) in [7, 11) is 0. The van der Waals surface area contributed by atoms with Gasteiger partial charge in [0.2, 0.25) is 5.91 Å². The Kier molecular flexibility index (Phi) is 6.45. The smallest absolute Gasteiger partial charge is 0.239 e. The molecule has 0 aromatic heterocycles. The first-order valence-corrected chi connectivity index (χ1v) is 10.7. The molecule has 2 aliphatic rings. The van der Waals surface area contributed by atoms with Crippen molar-refractivity contribution < 1.29 is 4.79 Å². The molecule has 1 amide bonds. The Labute approximate surface area is 156 Å². The second-order valence-corrected chi connectivity index (χ2v) is 9.12. The number of carbonyl (C=O) groups excluding carboxylic acids is 1. The number of nitrogens with one attached hydrogen (secondary N) is 1. The van der Waals surface area contributed by atoms with Gasteiger partial charge in [0, 0.05) is 18.0 Å². The molecule has 0 spiro atoms. The van der Waals surface area contributed by atoms with E-state index in [1.807, 2.05) is 11.8 Å². The van der Waals surface area contributed by atoms with E-state index in [1.165, 1.54) is 23.3 Å². The summed E-state index contributed by atoms with van der Waals surface area (Å²) in [5.74, 6) is 1.13. The van der Waals surface area contributed by atoms with Crippen molar-refractivity contribution in [3.05, 3.63) is 29.8 Å². The molecule has 0 atom stereocenters. The van der Waals surface area contributed by atoms with Gasteiger partial charge in [-0.3, -0.25) is 4.79 Å². The van der Waals surface area contributed by atoms with E-state index in [9.17, 15) is 4.79 Å². The number of rotatable bonds is 6. The lowest BCUT2D eigenvalue weighted by Crippen LogP contribution is -2.49. The Bertz CT molecular complexity index is 558. The number of nitrogens with zero attached hydrogens (tertiary/aromatic N) is 1. The summed E-state index contributed by atoms with van der Waals surface area (Å²) in [6.07, 6.45) is 6.71. The highest BCUT2D eigenvalue weighted by atomic mass is 32.2. The molecule has 0 bridgehead atoms. The molecule has 1 aromatic rings. The SMILES string of the molecule is CCNCC1CCN(C(=O)C2(Sc3ccc(C)cc3)CCCC2)CC1. The summed E-state index contributed by atoms with van der Waals surface area (Å²) < 4.78 is -0.218. The van der Waals surface area contributed by atoms with E-state index >= 15 is 0 Å². The first kappa shape index (κ1) is 18.8. The van der Waals surface area contributed by atoms with Crippen LogP contribution in [0, 0.1) is 12.8 Å². The van der Waals surface area contributed by atoms with Crippen molar-refractivity contribution in [2.75, 3.05) is 26.2 Å². The number of thioether (sulfide) groups is 1. The van der Waals surface area contributed by atoms with Crippen molar-refractivity contribution in [3.8, 4) is 0 Å². The van der Waals surface area contributed by atoms with Crippen LogP contribution >= 0.6 is 11.8 Å². The molecule has 1 saturated heterocycles. The molecule has 25 heavy (non-hydrogen) atoms. The van der Waals surface area contributed by atoms with Crippen molar-refractivity contribution in [1.82, 2.24) is 10.2 Å². The van der Waals surface area contributed by atoms with Gasteiger partial charge in [-0.25, -0.2) is 0 Å². The lowest BCUT2D eigenvalue weighted by Gasteiger charge is -2.38. The van der Waals surface area contributed by atoms with Crippen LogP contribution in [-0.2, 0) is 4.79 Å². The fraction of sp³-hybridized carbons (Fsp3) is 0.667. The van der Waals surface area contributed by atoms with Gasteiger partial charge in [-0.05, 0) is 63.7 Å². The number of hydrogen-bond acceptors (Lipinski definition) is 3. The van der Waals surface area contributed by atoms with Gasteiger partial charge in [-0.2, -0.15) is 0 Å². The Hall–Kier alpha value is -1.00. The van der Waals surface area contributed by atoms with Crippen molar-refractivity contribution >= 4 is 17.7 Å². The number of likely N-dealkylation sites (tertiary alicyclic amines) is 1. The molecule has 3 nitrogen and oxygen atoms in total. The third kappa shape index (κ3) is 4.59. The zero-order valence-corrected chi connectivity index (χ0v) is 16.5. The summed E-state index contributed by atoms with van der Waals surface area (Å²) >= 11 is 1.82. The molecular formula is C21H32N2OS. The monoisotopic (exact) mass is 360 g/mol. The number of carbonyl (C=O) groups is 1. The summed E-state index contributed by atoms with van der Waals surface area (Å²) in [6, 6.07) is 8.66. The number of piperidine rings is 1. The summed E-state index contributed by atoms with van der Waals surface area (Å²) in [5, 5.41) is 3.45. The average molecular weight is 361 g/mol. The number of amides is 1. The lowest BCUT2D eigenvalue weighted by molar-refractivity contribution is -0.135. The van der Waals surface area contributed by atoms with Crippen LogP contribution in [0.4, 0.5) is 0 Å². The van der Waals surface area contributed by atoms with E-state index < -0.39 is 0 Å². The Balaban J connectivity index is 1.64. The van der Waals surface area contributed by atoms with E-state index in [-0.39, 0.29) is 4.75 Å². The molecular weight excluding hydrogens is 328 g/mol. The standard InChI is InChI=1S/C21H32N2OS/c1-3-22-16-18-10-14-23(15-11-18)20(24)21(12-4-5-13-21)25-19-8-6-17(2)7-9-19/h6-9,18,22H,3-5,10-16H2,1-2H3. The highest BCUT2D eigenvalue weighted by Crippen LogP contribution is 2.47. The van der Waals surface area contributed by atoms with Gasteiger partial charge in [-0.1, -0.05) is 37.5 Å². The average Bonchev–Trinajstić information content (AvgIpc) is 3.11. The normalized spacial score (nSPS) is 20.8. The third-order valence-corrected chi connectivity index (χ3v) is 7.20. The van der Waals surface area contributed by atoms with E-state index in [4.69, 9.17) is 0 Å². The molecule has 1 N–H and O–H groups in total. The first-order chi connectivity index (χ1) is 12.1. The molecule has 2 fully saturated rings. The van der Waals surface area contributed by atoms with Gasteiger partial charge < -0.3 is 10.2 Å². The molecule has 1 aliphatic heterocycles. The highest BCUT2D eigenvalue weighted by molar-refractivity contribution is 8.01.